The van der Waals surface area contributed by atoms with Crippen LogP contribution < -0.4 is 9.64 Å². The Labute approximate surface area is 122 Å². The SMILES string of the molecule is C#Cc1cccc(N2CN=Cc3ccc(OC)cc32)c1F. The molecule has 1 heterocycles. The van der Waals surface area contributed by atoms with Crippen molar-refractivity contribution in [1.82, 2.24) is 0 Å². The molecule has 21 heavy (non-hydrogen) atoms. The molecule has 3 rings (SSSR count). The van der Waals surface area contributed by atoms with Crippen LogP contribution in [0, 0.1) is 18.2 Å². The highest BCUT2D eigenvalue weighted by Crippen LogP contribution is 2.35. The van der Waals surface area contributed by atoms with Gasteiger partial charge in [-0.05, 0) is 24.3 Å². The van der Waals surface area contributed by atoms with Crippen LogP contribution >= 0.6 is 0 Å². The van der Waals surface area contributed by atoms with Crippen LogP contribution in [0.3, 0.4) is 0 Å². The van der Waals surface area contributed by atoms with Crippen LogP contribution in [-0.2, 0) is 0 Å². The van der Waals surface area contributed by atoms with Crippen LogP contribution in [0.2, 0.25) is 0 Å². The highest BCUT2D eigenvalue weighted by molar-refractivity contribution is 5.92. The molecule has 0 saturated carbocycles. The molecule has 1 aliphatic heterocycles. The van der Waals surface area contributed by atoms with Gasteiger partial charge < -0.3 is 9.64 Å². The second kappa shape index (κ2) is 5.29. The minimum atomic E-state index is -0.411. The summed E-state index contributed by atoms with van der Waals surface area (Å²) in [5.41, 5.74) is 2.41. The molecule has 0 atom stereocenters. The van der Waals surface area contributed by atoms with E-state index in [0.29, 0.717) is 18.1 Å². The number of anilines is 2. The van der Waals surface area contributed by atoms with Crippen LogP contribution in [0.5, 0.6) is 5.75 Å². The zero-order chi connectivity index (χ0) is 14.8. The Hall–Kier alpha value is -2.80. The van der Waals surface area contributed by atoms with Crippen LogP contribution in [0.25, 0.3) is 0 Å². The molecular formula is C17H13FN2O. The molecule has 0 unspecified atom stereocenters. The number of hydrogen-bond donors (Lipinski definition) is 0. The summed E-state index contributed by atoms with van der Waals surface area (Å²) >= 11 is 0. The minimum absolute atomic E-state index is 0.242. The molecule has 1 aliphatic rings. The lowest BCUT2D eigenvalue weighted by atomic mass is 10.1. The van der Waals surface area contributed by atoms with Crippen LogP contribution in [-0.4, -0.2) is 20.0 Å². The summed E-state index contributed by atoms with van der Waals surface area (Å²) in [6, 6.07) is 10.6. The molecule has 0 saturated heterocycles. The molecule has 4 heteroatoms. The van der Waals surface area contributed by atoms with Crippen molar-refractivity contribution in [2.75, 3.05) is 18.7 Å². The van der Waals surface area contributed by atoms with Crippen molar-refractivity contribution >= 4 is 17.6 Å². The number of terminal acetylenes is 1. The van der Waals surface area contributed by atoms with Gasteiger partial charge in [-0.1, -0.05) is 12.0 Å². The molecule has 2 aromatic rings. The van der Waals surface area contributed by atoms with Gasteiger partial charge in [-0.2, -0.15) is 0 Å². The maximum Gasteiger partial charge on any atom is 0.162 e. The molecule has 0 radical (unpaired) electrons. The first-order valence-corrected chi connectivity index (χ1v) is 6.45. The number of benzene rings is 2. The van der Waals surface area contributed by atoms with Gasteiger partial charge in [0.05, 0.1) is 24.0 Å². The third-order valence-electron chi connectivity index (χ3n) is 3.41. The quantitative estimate of drug-likeness (QED) is 0.788. The fourth-order valence-electron chi connectivity index (χ4n) is 2.34. The maximum absolute atomic E-state index is 14.5. The highest BCUT2D eigenvalue weighted by atomic mass is 19.1. The second-order valence-corrected chi connectivity index (χ2v) is 4.59. The van der Waals surface area contributed by atoms with Crippen molar-refractivity contribution < 1.29 is 9.13 Å². The van der Waals surface area contributed by atoms with Crippen molar-refractivity contribution in [2.24, 2.45) is 4.99 Å². The number of ether oxygens (including phenoxy) is 1. The third-order valence-corrected chi connectivity index (χ3v) is 3.41. The molecule has 0 aliphatic carbocycles. The van der Waals surface area contributed by atoms with Gasteiger partial charge in [0.25, 0.3) is 0 Å². The molecular weight excluding hydrogens is 267 g/mol. The van der Waals surface area contributed by atoms with Gasteiger partial charge in [-0.25, -0.2) is 4.39 Å². The zero-order valence-corrected chi connectivity index (χ0v) is 11.5. The molecule has 0 N–H and O–H groups in total. The topological polar surface area (TPSA) is 24.8 Å². The molecule has 104 valence electrons. The lowest BCUT2D eigenvalue weighted by molar-refractivity contribution is 0.415. The Bertz CT molecular complexity index is 762. The average molecular weight is 280 g/mol. The molecule has 0 aromatic heterocycles. The average Bonchev–Trinajstić information content (AvgIpc) is 2.54. The number of halogens is 1. The number of hydrogen-bond acceptors (Lipinski definition) is 3. The third kappa shape index (κ3) is 2.23. The lowest BCUT2D eigenvalue weighted by Crippen LogP contribution is -2.23. The largest absolute Gasteiger partial charge is 0.497 e. The number of rotatable bonds is 2. The van der Waals surface area contributed by atoms with Gasteiger partial charge in [0.1, 0.15) is 12.4 Å². The van der Waals surface area contributed by atoms with Crippen molar-refractivity contribution in [3.05, 3.63) is 53.3 Å². The first-order valence-electron chi connectivity index (χ1n) is 6.45. The van der Waals surface area contributed by atoms with E-state index in [0.717, 1.165) is 11.3 Å². The van der Waals surface area contributed by atoms with E-state index in [1.807, 2.05) is 18.2 Å². The van der Waals surface area contributed by atoms with Crippen LogP contribution in [0.1, 0.15) is 11.1 Å². The predicted octanol–water partition coefficient (Wildman–Crippen LogP) is 3.34. The molecule has 3 nitrogen and oxygen atoms in total. The molecule has 0 spiro atoms. The van der Waals surface area contributed by atoms with E-state index >= 15 is 0 Å². The summed E-state index contributed by atoms with van der Waals surface area (Å²) in [6.45, 7) is 0.338. The van der Waals surface area contributed by atoms with E-state index in [4.69, 9.17) is 11.2 Å². The normalized spacial score (nSPS) is 12.7. The van der Waals surface area contributed by atoms with E-state index in [-0.39, 0.29) is 5.56 Å². The maximum atomic E-state index is 14.5. The van der Waals surface area contributed by atoms with E-state index in [9.17, 15) is 4.39 Å². The van der Waals surface area contributed by atoms with E-state index in [1.165, 1.54) is 0 Å². The van der Waals surface area contributed by atoms with Crippen molar-refractivity contribution in [1.29, 1.82) is 0 Å². The van der Waals surface area contributed by atoms with Gasteiger partial charge in [0.15, 0.2) is 5.82 Å². The number of methoxy groups -OCH3 is 1. The number of aliphatic imine (C=N–C) groups is 1. The van der Waals surface area contributed by atoms with Crippen molar-refractivity contribution in [2.45, 2.75) is 0 Å². The molecule has 0 fully saturated rings. The van der Waals surface area contributed by atoms with Gasteiger partial charge >= 0.3 is 0 Å². The lowest BCUT2D eigenvalue weighted by Gasteiger charge is -2.28. The Morgan fingerprint density at radius 3 is 2.90 bits per heavy atom. The summed E-state index contributed by atoms with van der Waals surface area (Å²) < 4.78 is 19.7. The van der Waals surface area contributed by atoms with E-state index in [1.54, 1.807) is 36.4 Å². The summed E-state index contributed by atoms with van der Waals surface area (Å²) in [6.07, 6.45) is 7.10. The second-order valence-electron chi connectivity index (χ2n) is 4.59. The predicted molar refractivity (Wildman–Crippen MR) is 81.9 cm³/mol. The van der Waals surface area contributed by atoms with Gasteiger partial charge in [0.2, 0.25) is 0 Å². The fourth-order valence-corrected chi connectivity index (χ4v) is 2.34. The molecule has 2 aromatic carbocycles. The molecule has 0 amide bonds. The smallest absolute Gasteiger partial charge is 0.162 e. The first kappa shape index (κ1) is 13.2. The highest BCUT2D eigenvalue weighted by Gasteiger charge is 2.20. The Morgan fingerprint density at radius 2 is 2.14 bits per heavy atom. The monoisotopic (exact) mass is 280 g/mol. The van der Waals surface area contributed by atoms with Crippen molar-refractivity contribution in [3.63, 3.8) is 0 Å². The number of fused-ring (bicyclic) bond motifs is 1. The van der Waals surface area contributed by atoms with Gasteiger partial charge in [-0.3, -0.25) is 4.99 Å². The summed E-state index contributed by atoms with van der Waals surface area (Å²) in [5, 5.41) is 0. The van der Waals surface area contributed by atoms with Crippen LogP contribution in [0.15, 0.2) is 41.4 Å². The number of nitrogens with zero attached hydrogens (tertiary/aromatic N) is 2. The first-order chi connectivity index (χ1) is 10.2. The standard InChI is InChI=1S/C17H13FN2O/c1-3-12-5-4-6-15(17(12)18)20-11-19-10-13-7-8-14(21-2)9-16(13)20/h1,4-10H,11H2,2H3. The molecule has 0 bridgehead atoms. The zero-order valence-electron chi connectivity index (χ0n) is 11.5. The Morgan fingerprint density at radius 1 is 1.29 bits per heavy atom. The van der Waals surface area contributed by atoms with E-state index < -0.39 is 5.82 Å². The van der Waals surface area contributed by atoms with E-state index in [2.05, 4.69) is 10.9 Å². The fraction of sp³-hybridized carbons (Fsp3) is 0.118. The Balaban J connectivity index is 2.14. The van der Waals surface area contributed by atoms with Crippen molar-refractivity contribution in [3.8, 4) is 18.1 Å². The summed E-state index contributed by atoms with van der Waals surface area (Å²) in [5.74, 6) is 2.66. The summed E-state index contributed by atoms with van der Waals surface area (Å²) in [4.78, 5) is 6.06. The van der Waals surface area contributed by atoms with Crippen LogP contribution in [0.4, 0.5) is 15.8 Å². The van der Waals surface area contributed by atoms with Gasteiger partial charge in [0, 0.05) is 17.8 Å². The summed E-state index contributed by atoms with van der Waals surface area (Å²) in [7, 11) is 1.60. The van der Waals surface area contributed by atoms with Gasteiger partial charge in [-0.15, -0.1) is 6.42 Å². The minimum Gasteiger partial charge on any atom is -0.497 e. The Kier molecular flexibility index (Phi) is 3.33.